The zero-order valence-electron chi connectivity index (χ0n) is 19.2. The van der Waals surface area contributed by atoms with Crippen molar-refractivity contribution < 1.29 is 17.9 Å². The summed E-state index contributed by atoms with van der Waals surface area (Å²) in [5, 5.41) is 0. The Bertz CT molecular complexity index is 1140. The molecule has 0 spiro atoms. The molecule has 174 valence electrons. The molecule has 32 heavy (non-hydrogen) atoms. The van der Waals surface area contributed by atoms with Crippen molar-refractivity contribution in [2.45, 2.75) is 51.3 Å². The van der Waals surface area contributed by atoms with Crippen LogP contribution in [-0.2, 0) is 21.8 Å². The lowest BCUT2D eigenvalue weighted by Gasteiger charge is -2.38. The smallest absolute Gasteiger partial charge is 0.410 e. The molecule has 2 heterocycles. The minimum atomic E-state index is -3.35. The number of nitrogens with one attached hydrogen (secondary N) is 1. The van der Waals surface area contributed by atoms with Gasteiger partial charge in [-0.3, -0.25) is 4.79 Å². The Balaban J connectivity index is 1.65. The highest BCUT2D eigenvalue weighted by atomic mass is 32.2. The summed E-state index contributed by atoms with van der Waals surface area (Å²) in [7, 11) is -1.64. The van der Waals surface area contributed by atoms with Crippen LogP contribution in [0.3, 0.4) is 0 Å². The largest absolute Gasteiger partial charge is 0.446 e. The molecule has 1 aliphatic rings. The average Bonchev–Trinajstić information content (AvgIpc) is 2.67. The van der Waals surface area contributed by atoms with E-state index in [1.165, 1.54) is 4.57 Å². The summed E-state index contributed by atoms with van der Waals surface area (Å²) in [5.41, 5.74) is 1.96. The molecule has 1 fully saturated rings. The van der Waals surface area contributed by atoms with E-state index in [9.17, 15) is 18.0 Å². The summed E-state index contributed by atoms with van der Waals surface area (Å²) in [6.45, 7) is 6.03. The van der Waals surface area contributed by atoms with Crippen molar-refractivity contribution in [1.29, 1.82) is 0 Å². The fraction of sp³-hybridized carbons (Fsp3) is 0.478. The first kappa shape index (κ1) is 24.0. The molecule has 2 unspecified atom stereocenters. The van der Waals surface area contributed by atoms with E-state index in [-0.39, 0.29) is 17.7 Å². The van der Waals surface area contributed by atoms with Gasteiger partial charge in [0.25, 0.3) is 5.56 Å². The summed E-state index contributed by atoms with van der Waals surface area (Å²) >= 11 is 0. The number of carbonyl (C=O) groups excluding carboxylic acids is 1. The van der Waals surface area contributed by atoms with Crippen LogP contribution in [0.2, 0.25) is 0 Å². The van der Waals surface area contributed by atoms with Gasteiger partial charge in [0.15, 0.2) is 0 Å². The number of amides is 1. The third kappa shape index (κ3) is 5.98. The van der Waals surface area contributed by atoms with Crippen LogP contribution < -0.4 is 10.3 Å². The van der Waals surface area contributed by atoms with Crippen LogP contribution in [0.1, 0.15) is 45.2 Å². The van der Waals surface area contributed by atoms with E-state index in [1.54, 1.807) is 38.1 Å². The Kier molecular flexibility index (Phi) is 6.80. The minimum Gasteiger partial charge on any atom is -0.446 e. The number of rotatable bonds is 7. The minimum absolute atomic E-state index is 0.0690. The van der Waals surface area contributed by atoms with Crippen molar-refractivity contribution in [1.82, 2.24) is 14.2 Å². The van der Waals surface area contributed by atoms with Gasteiger partial charge in [0, 0.05) is 44.2 Å². The maximum atomic E-state index is 12.7. The monoisotopic (exact) mass is 461 g/mol. The predicted octanol–water partition coefficient (Wildman–Crippen LogP) is 3.04. The Morgan fingerprint density at radius 1 is 1.16 bits per heavy atom. The number of cyclic esters (lactones) is 1. The number of pyridine rings is 1. The molecule has 1 aromatic heterocycles. The van der Waals surface area contributed by atoms with Crippen LogP contribution in [0, 0.1) is 0 Å². The van der Waals surface area contributed by atoms with E-state index in [4.69, 9.17) is 4.74 Å². The first-order chi connectivity index (χ1) is 14.8. The second-order valence-electron chi connectivity index (χ2n) is 9.11. The van der Waals surface area contributed by atoms with Crippen molar-refractivity contribution in [3.63, 3.8) is 0 Å². The van der Waals surface area contributed by atoms with Crippen LogP contribution in [0.25, 0.3) is 11.1 Å². The first-order valence-electron chi connectivity index (χ1n) is 10.6. The first-order valence-corrected chi connectivity index (χ1v) is 12.5. The van der Waals surface area contributed by atoms with Crippen LogP contribution in [0.4, 0.5) is 4.79 Å². The summed E-state index contributed by atoms with van der Waals surface area (Å²) in [6, 6.07) is 11.1. The van der Waals surface area contributed by atoms with E-state index in [0.29, 0.717) is 19.4 Å². The molecule has 9 heteroatoms. The number of hydrogen-bond donors (Lipinski definition) is 1. The molecule has 0 saturated carbocycles. The van der Waals surface area contributed by atoms with Gasteiger partial charge < -0.3 is 14.2 Å². The number of aryl methyl sites for hydroxylation is 1. The summed E-state index contributed by atoms with van der Waals surface area (Å²) < 4.78 is 32.8. The topological polar surface area (TPSA) is 97.7 Å². The van der Waals surface area contributed by atoms with Crippen molar-refractivity contribution >= 4 is 16.1 Å². The van der Waals surface area contributed by atoms with Crippen molar-refractivity contribution in [2.75, 3.05) is 12.8 Å². The molecule has 1 saturated heterocycles. The molecule has 0 bridgehead atoms. The van der Waals surface area contributed by atoms with Gasteiger partial charge in [-0.25, -0.2) is 17.9 Å². The number of nitrogens with zero attached hydrogens (tertiary/aromatic N) is 2. The molecule has 1 aliphatic heterocycles. The molecule has 3 rings (SSSR count). The molecule has 2 aromatic rings. The second-order valence-corrected chi connectivity index (χ2v) is 10.9. The Morgan fingerprint density at radius 2 is 1.81 bits per heavy atom. The maximum absolute atomic E-state index is 12.7. The molecule has 2 atom stereocenters. The van der Waals surface area contributed by atoms with E-state index in [1.807, 2.05) is 37.3 Å². The zero-order chi connectivity index (χ0) is 23.7. The number of hydrogen-bond acceptors (Lipinski definition) is 5. The fourth-order valence-corrected chi connectivity index (χ4v) is 5.20. The van der Waals surface area contributed by atoms with Gasteiger partial charge in [-0.15, -0.1) is 0 Å². The lowest BCUT2D eigenvalue weighted by atomic mass is 9.95. The Morgan fingerprint density at radius 3 is 2.38 bits per heavy atom. The Hall–Kier alpha value is -2.65. The highest BCUT2D eigenvalue weighted by molar-refractivity contribution is 7.88. The summed E-state index contributed by atoms with van der Waals surface area (Å²) in [4.78, 5) is 26.2. The molecular weight excluding hydrogens is 430 g/mol. The van der Waals surface area contributed by atoms with E-state index < -0.39 is 21.7 Å². The van der Waals surface area contributed by atoms with Crippen molar-refractivity contribution in [2.24, 2.45) is 7.05 Å². The van der Waals surface area contributed by atoms with Gasteiger partial charge in [-0.05, 0) is 43.5 Å². The van der Waals surface area contributed by atoms with Gasteiger partial charge in [0.1, 0.15) is 6.10 Å². The van der Waals surface area contributed by atoms with E-state index in [2.05, 4.69) is 4.72 Å². The highest BCUT2D eigenvalue weighted by Gasteiger charge is 2.35. The normalized spacial score (nSPS) is 18.3. The molecule has 8 nitrogen and oxygen atoms in total. The lowest BCUT2D eigenvalue weighted by molar-refractivity contribution is 0.00229. The zero-order valence-corrected chi connectivity index (χ0v) is 20.0. The fourth-order valence-electron chi connectivity index (χ4n) is 4.11. The molecular formula is C23H31N3O5S. The predicted molar refractivity (Wildman–Crippen MR) is 124 cm³/mol. The van der Waals surface area contributed by atoms with Crippen LogP contribution in [-0.4, -0.2) is 48.4 Å². The van der Waals surface area contributed by atoms with Gasteiger partial charge >= 0.3 is 6.09 Å². The SMILES string of the molecule is CC(c1ccc(-c2ccn(C)c(=O)c2)cc1)N1CCC(CC(C)(C)NS(C)(=O)=O)OC1=O. The van der Waals surface area contributed by atoms with Crippen LogP contribution >= 0.6 is 0 Å². The quantitative estimate of drug-likeness (QED) is 0.684. The van der Waals surface area contributed by atoms with Crippen molar-refractivity contribution in [3.8, 4) is 11.1 Å². The summed E-state index contributed by atoms with van der Waals surface area (Å²) in [6.07, 6.45) is 3.13. The van der Waals surface area contributed by atoms with Gasteiger partial charge in [0.2, 0.25) is 10.0 Å². The third-order valence-corrected chi connectivity index (χ3v) is 6.62. The molecule has 1 aromatic carbocycles. The number of benzene rings is 1. The standard InChI is InChI=1S/C23H31N3O5S/c1-16(17-6-8-18(9-7-17)19-10-12-25(4)21(27)14-19)26-13-11-20(31-22(26)28)15-23(2,3)24-32(5,29)30/h6-10,12,14,16,20,24H,11,13,15H2,1-5H3. The molecule has 1 N–H and O–H groups in total. The van der Waals surface area contributed by atoms with E-state index >= 15 is 0 Å². The summed E-state index contributed by atoms with van der Waals surface area (Å²) in [5.74, 6) is 0. The number of sulfonamides is 1. The van der Waals surface area contributed by atoms with E-state index in [0.717, 1.165) is 22.9 Å². The van der Waals surface area contributed by atoms with Crippen LogP contribution in [0.5, 0.6) is 0 Å². The van der Waals surface area contributed by atoms with Crippen molar-refractivity contribution in [3.05, 3.63) is 58.5 Å². The van der Waals surface area contributed by atoms with Gasteiger partial charge in [-0.2, -0.15) is 0 Å². The Labute approximate surface area is 189 Å². The number of carbonyl (C=O) groups is 1. The van der Waals surface area contributed by atoms with Crippen LogP contribution in [0.15, 0.2) is 47.4 Å². The molecule has 0 radical (unpaired) electrons. The van der Waals surface area contributed by atoms with Gasteiger partial charge in [0.05, 0.1) is 12.3 Å². The molecule has 1 amide bonds. The molecule has 0 aliphatic carbocycles. The second kappa shape index (κ2) is 9.07. The highest BCUT2D eigenvalue weighted by Crippen LogP contribution is 2.29. The number of aromatic nitrogens is 1. The average molecular weight is 462 g/mol. The number of ether oxygens (including phenoxy) is 1. The lowest BCUT2D eigenvalue weighted by Crippen LogP contribution is -2.49. The third-order valence-electron chi connectivity index (χ3n) is 5.69. The maximum Gasteiger partial charge on any atom is 0.410 e. The van der Waals surface area contributed by atoms with Gasteiger partial charge in [-0.1, -0.05) is 24.3 Å².